The van der Waals surface area contributed by atoms with E-state index >= 15 is 0 Å². The smallest absolute Gasteiger partial charge is 0.227 e. The Kier molecular flexibility index (Phi) is 4.52. The van der Waals surface area contributed by atoms with Gasteiger partial charge in [-0.2, -0.15) is 0 Å². The van der Waals surface area contributed by atoms with E-state index in [-0.39, 0.29) is 5.91 Å². The van der Waals surface area contributed by atoms with Crippen molar-refractivity contribution >= 4 is 34.6 Å². The molecule has 3 aromatic rings. The highest BCUT2D eigenvalue weighted by Gasteiger charge is 2.07. The molecule has 6 nitrogen and oxygen atoms in total. The van der Waals surface area contributed by atoms with Crippen molar-refractivity contribution in [2.45, 2.75) is 20.8 Å². The minimum Gasteiger partial charge on any atom is -0.326 e. The molecule has 0 saturated heterocycles. The van der Waals surface area contributed by atoms with Crippen molar-refractivity contribution < 1.29 is 4.79 Å². The lowest BCUT2D eigenvalue weighted by Gasteiger charge is -2.10. The van der Waals surface area contributed by atoms with Crippen LogP contribution in [-0.2, 0) is 4.79 Å². The average Bonchev–Trinajstić information content (AvgIpc) is 2.97. The Morgan fingerprint density at radius 3 is 2.67 bits per heavy atom. The van der Waals surface area contributed by atoms with Crippen molar-refractivity contribution in [2.75, 3.05) is 10.6 Å². The lowest BCUT2D eigenvalue weighted by Crippen LogP contribution is -2.07. The first-order valence-corrected chi connectivity index (χ1v) is 8.24. The number of amides is 1. The van der Waals surface area contributed by atoms with Crippen molar-refractivity contribution in [1.29, 1.82) is 0 Å². The Hall–Kier alpha value is -2.80. The number of anilines is 3. The summed E-state index contributed by atoms with van der Waals surface area (Å²) in [5.41, 5.74) is 3.40. The summed E-state index contributed by atoms with van der Waals surface area (Å²) in [5.74, 6) is 0.417. The van der Waals surface area contributed by atoms with E-state index in [1.807, 2.05) is 44.3 Å². The number of nitrogens with one attached hydrogen (secondary N) is 2. The second-order valence-corrected chi connectivity index (χ2v) is 6.61. The molecule has 1 amide bonds. The zero-order valence-electron chi connectivity index (χ0n) is 13.6. The third kappa shape index (κ3) is 3.75. The number of nitrogens with zero attached hydrogens (tertiary/aromatic N) is 3. The number of aromatic nitrogens is 3. The van der Waals surface area contributed by atoms with Crippen LogP contribution in [0.25, 0.3) is 10.7 Å². The van der Waals surface area contributed by atoms with E-state index in [9.17, 15) is 4.79 Å². The molecule has 1 aromatic carbocycles. The highest BCUT2D eigenvalue weighted by Crippen LogP contribution is 2.25. The molecule has 2 aromatic heterocycles. The normalized spacial score (nSPS) is 10.5. The number of aryl methyl sites for hydroxylation is 2. The van der Waals surface area contributed by atoms with Crippen LogP contribution in [0, 0.1) is 13.8 Å². The van der Waals surface area contributed by atoms with E-state index in [0.29, 0.717) is 5.95 Å². The molecule has 0 aliphatic carbocycles. The summed E-state index contributed by atoms with van der Waals surface area (Å²) in [6.07, 6.45) is 3.54. The molecule has 2 heterocycles. The fraction of sp³-hybridized carbons (Fsp3) is 0.176. The van der Waals surface area contributed by atoms with Crippen LogP contribution in [0.3, 0.4) is 0 Å². The van der Waals surface area contributed by atoms with Crippen molar-refractivity contribution in [2.24, 2.45) is 0 Å². The quantitative estimate of drug-likeness (QED) is 0.753. The molecule has 24 heavy (non-hydrogen) atoms. The molecular weight excluding hydrogens is 322 g/mol. The highest BCUT2D eigenvalue weighted by molar-refractivity contribution is 7.14. The van der Waals surface area contributed by atoms with Crippen LogP contribution in [-0.4, -0.2) is 20.9 Å². The zero-order chi connectivity index (χ0) is 17.1. The van der Waals surface area contributed by atoms with Crippen LogP contribution < -0.4 is 10.6 Å². The van der Waals surface area contributed by atoms with E-state index in [1.165, 1.54) is 6.92 Å². The molecule has 2 N–H and O–H groups in total. The fourth-order valence-corrected chi connectivity index (χ4v) is 2.95. The molecule has 0 radical (unpaired) electrons. The van der Waals surface area contributed by atoms with Crippen LogP contribution in [0.4, 0.5) is 17.3 Å². The SMILES string of the molecule is CC(=O)Nc1ccc(Nc2nccc(-c3ncc(C)s3)n2)cc1C. The maximum Gasteiger partial charge on any atom is 0.227 e. The molecule has 0 atom stereocenters. The predicted octanol–water partition coefficient (Wildman–Crippen LogP) is 3.92. The Labute approximate surface area is 144 Å². The van der Waals surface area contributed by atoms with Gasteiger partial charge in [0.15, 0.2) is 0 Å². The minimum absolute atomic E-state index is 0.0893. The lowest BCUT2D eigenvalue weighted by molar-refractivity contribution is -0.114. The number of hydrogen-bond donors (Lipinski definition) is 2. The maximum atomic E-state index is 11.2. The summed E-state index contributed by atoms with van der Waals surface area (Å²) in [5, 5.41) is 6.85. The third-order valence-corrected chi connectivity index (χ3v) is 4.22. The van der Waals surface area contributed by atoms with E-state index in [1.54, 1.807) is 17.5 Å². The first-order chi connectivity index (χ1) is 11.5. The van der Waals surface area contributed by atoms with Gasteiger partial charge in [-0.15, -0.1) is 11.3 Å². The summed E-state index contributed by atoms with van der Waals surface area (Å²) in [6, 6.07) is 7.51. The molecule has 0 fully saturated rings. The van der Waals surface area contributed by atoms with Gasteiger partial charge in [-0.05, 0) is 43.7 Å². The van der Waals surface area contributed by atoms with Crippen LogP contribution in [0.5, 0.6) is 0 Å². The monoisotopic (exact) mass is 339 g/mol. The minimum atomic E-state index is -0.0893. The first-order valence-electron chi connectivity index (χ1n) is 7.42. The van der Waals surface area contributed by atoms with Gasteiger partial charge in [0.05, 0.1) is 0 Å². The molecule has 3 rings (SSSR count). The Morgan fingerprint density at radius 1 is 1.17 bits per heavy atom. The Morgan fingerprint density at radius 2 is 2.00 bits per heavy atom. The van der Waals surface area contributed by atoms with E-state index in [4.69, 9.17) is 0 Å². The van der Waals surface area contributed by atoms with Crippen molar-refractivity contribution in [3.05, 3.63) is 47.1 Å². The van der Waals surface area contributed by atoms with Gasteiger partial charge >= 0.3 is 0 Å². The van der Waals surface area contributed by atoms with Crippen LogP contribution in [0.2, 0.25) is 0 Å². The maximum absolute atomic E-state index is 11.2. The van der Waals surface area contributed by atoms with Gasteiger partial charge in [-0.3, -0.25) is 4.79 Å². The first kappa shape index (κ1) is 16.1. The summed E-state index contributed by atoms with van der Waals surface area (Å²) in [6.45, 7) is 5.44. The number of thiazole rings is 1. The topological polar surface area (TPSA) is 79.8 Å². The molecule has 0 bridgehead atoms. The largest absolute Gasteiger partial charge is 0.326 e. The number of carbonyl (C=O) groups is 1. The van der Waals surface area contributed by atoms with Gasteiger partial charge in [-0.25, -0.2) is 15.0 Å². The number of rotatable bonds is 4. The van der Waals surface area contributed by atoms with E-state index in [0.717, 1.165) is 32.5 Å². The van der Waals surface area contributed by atoms with Crippen molar-refractivity contribution in [3.63, 3.8) is 0 Å². The van der Waals surface area contributed by atoms with Gasteiger partial charge in [0.25, 0.3) is 0 Å². The second-order valence-electron chi connectivity index (χ2n) is 5.38. The van der Waals surface area contributed by atoms with E-state index in [2.05, 4.69) is 25.6 Å². The van der Waals surface area contributed by atoms with Gasteiger partial charge in [0.2, 0.25) is 11.9 Å². The van der Waals surface area contributed by atoms with Gasteiger partial charge in [0, 0.05) is 35.6 Å². The number of carbonyl (C=O) groups excluding carboxylic acids is 1. The van der Waals surface area contributed by atoms with Crippen molar-refractivity contribution in [3.8, 4) is 10.7 Å². The van der Waals surface area contributed by atoms with Gasteiger partial charge in [-0.1, -0.05) is 0 Å². The molecular formula is C17H17N5OS. The predicted molar refractivity (Wildman–Crippen MR) is 96.6 cm³/mol. The third-order valence-electron chi connectivity index (χ3n) is 3.29. The average molecular weight is 339 g/mol. The molecule has 0 aliphatic rings. The summed E-state index contributed by atoms with van der Waals surface area (Å²) < 4.78 is 0. The summed E-state index contributed by atoms with van der Waals surface area (Å²) >= 11 is 1.60. The van der Waals surface area contributed by atoms with E-state index < -0.39 is 0 Å². The Bertz CT molecular complexity index is 890. The molecule has 0 unspecified atom stereocenters. The number of hydrogen-bond acceptors (Lipinski definition) is 6. The zero-order valence-corrected chi connectivity index (χ0v) is 14.4. The standard InChI is InChI=1S/C17H17N5OS/c1-10-8-13(4-5-14(10)20-12(3)23)21-17-18-7-6-15(22-17)16-19-9-11(2)24-16/h4-9H,1-3H3,(H,20,23)(H,18,21,22). The van der Waals surface area contributed by atoms with Gasteiger partial charge < -0.3 is 10.6 Å². The van der Waals surface area contributed by atoms with Gasteiger partial charge in [0.1, 0.15) is 10.7 Å². The fourth-order valence-electron chi connectivity index (χ4n) is 2.21. The Balaban J connectivity index is 1.81. The molecule has 122 valence electrons. The summed E-state index contributed by atoms with van der Waals surface area (Å²) in [4.78, 5) is 25.4. The van der Waals surface area contributed by atoms with Crippen molar-refractivity contribution in [1.82, 2.24) is 15.0 Å². The molecule has 0 saturated carbocycles. The lowest BCUT2D eigenvalue weighted by atomic mass is 10.1. The second kappa shape index (κ2) is 6.76. The molecule has 0 aliphatic heterocycles. The summed E-state index contributed by atoms with van der Waals surface area (Å²) in [7, 11) is 0. The highest BCUT2D eigenvalue weighted by atomic mass is 32.1. The van der Waals surface area contributed by atoms with Crippen LogP contribution in [0.1, 0.15) is 17.4 Å². The van der Waals surface area contributed by atoms with Crippen LogP contribution >= 0.6 is 11.3 Å². The molecule has 7 heteroatoms. The molecule has 0 spiro atoms. The number of benzene rings is 1. The van der Waals surface area contributed by atoms with Crippen LogP contribution in [0.15, 0.2) is 36.7 Å².